The summed E-state index contributed by atoms with van der Waals surface area (Å²) in [4.78, 5) is 0.122. The molecule has 11 heteroatoms. The highest BCUT2D eigenvalue weighted by Crippen LogP contribution is 2.39. The predicted octanol–water partition coefficient (Wildman–Crippen LogP) is 3.95. The van der Waals surface area contributed by atoms with E-state index in [9.17, 15) is 13.5 Å². The number of fused-ring (bicyclic) bond motifs is 1. The van der Waals surface area contributed by atoms with Crippen LogP contribution in [-0.4, -0.2) is 53.8 Å². The zero-order valence-electron chi connectivity index (χ0n) is 18.4. The van der Waals surface area contributed by atoms with E-state index in [2.05, 4.69) is 15.5 Å². The molecule has 2 heterocycles. The van der Waals surface area contributed by atoms with Gasteiger partial charge in [0.15, 0.2) is 5.69 Å². The Hall–Kier alpha value is -2.86. The van der Waals surface area contributed by atoms with Gasteiger partial charge in [-0.15, -0.1) is 10.2 Å². The first kappa shape index (κ1) is 23.3. The molecular formula is C22H25N5O4S2. The van der Waals surface area contributed by atoms with E-state index in [1.807, 2.05) is 31.2 Å². The van der Waals surface area contributed by atoms with Crippen molar-refractivity contribution in [2.45, 2.75) is 18.2 Å². The average Bonchev–Trinajstić information content (AvgIpc) is 3.07. The van der Waals surface area contributed by atoms with E-state index < -0.39 is 10.0 Å². The van der Waals surface area contributed by atoms with Crippen LogP contribution < -0.4 is 5.32 Å². The van der Waals surface area contributed by atoms with Crippen molar-refractivity contribution in [3.63, 3.8) is 0 Å². The summed E-state index contributed by atoms with van der Waals surface area (Å²) in [5.74, 6) is -0.133. The highest BCUT2D eigenvalue weighted by Gasteiger charge is 2.27. The number of aromatic nitrogens is 1. The van der Waals surface area contributed by atoms with Crippen molar-refractivity contribution in [1.82, 2.24) is 8.87 Å². The molecule has 1 saturated heterocycles. The lowest BCUT2D eigenvalue weighted by atomic mass is 10.1. The summed E-state index contributed by atoms with van der Waals surface area (Å²) in [6.07, 6.45) is 0.827. The lowest BCUT2D eigenvalue weighted by Gasteiger charge is -2.26. The summed E-state index contributed by atoms with van der Waals surface area (Å²) in [6, 6.07) is 12.4. The Labute approximate surface area is 197 Å². The van der Waals surface area contributed by atoms with Crippen molar-refractivity contribution in [3.05, 3.63) is 48.0 Å². The van der Waals surface area contributed by atoms with E-state index >= 15 is 0 Å². The molecule has 0 aliphatic carbocycles. The van der Waals surface area contributed by atoms with Crippen molar-refractivity contribution >= 4 is 49.6 Å². The van der Waals surface area contributed by atoms with Crippen molar-refractivity contribution < 1.29 is 18.3 Å². The van der Waals surface area contributed by atoms with Gasteiger partial charge in [0, 0.05) is 31.2 Å². The van der Waals surface area contributed by atoms with Crippen LogP contribution in [0.3, 0.4) is 0 Å². The monoisotopic (exact) mass is 487 g/mol. The molecule has 1 aromatic heterocycles. The van der Waals surface area contributed by atoms with Crippen LogP contribution in [-0.2, 0) is 28.2 Å². The number of morpholine rings is 1. The Morgan fingerprint density at radius 2 is 1.94 bits per heavy atom. The maximum Gasteiger partial charge on any atom is 0.243 e. The second-order valence-corrected chi connectivity index (χ2v) is 9.89. The largest absolute Gasteiger partial charge is 0.493 e. The molecule has 1 aliphatic rings. The zero-order valence-corrected chi connectivity index (χ0v) is 20.0. The first-order chi connectivity index (χ1) is 15.8. The number of benzene rings is 2. The van der Waals surface area contributed by atoms with Crippen LogP contribution in [0, 0.1) is 0 Å². The number of azo groups is 1. The molecule has 0 unspecified atom stereocenters. The van der Waals surface area contributed by atoms with E-state index in [1.54, 1.807) is 13.1 Å². The summed E-state index contributed by atoms with van der Waals surface area (Å²) < 4.78 is 34.3. The Morgan fingerprint density at radius 3 is 2.67 bits per heavy atom. The minimum atomic E-state index is -3.70. The molecule has 2 aromatic carbocycles. The standard InChI is InChI=1S/C22H25N5O4S2/c1-3-15-6-4-5-7-18(15)23-22(32)25-24-20-17-14-16(8-9-19(17)26(2)21(20)28)33(29,30)27-10-12-31-13-11-27/h4-9,14,28H,3,10-13H2,1-2H3,(H,23,32). The van der Waals surface area contributed by atoms with E-state index in [-0.39, 0.29) is 21.6 Å². The lowest BCUT2D eigenvalue weighted by Crippen LogP contribution is -2.40. The fraction of sp³-hybridized carbons (Fsp3) is 0.318. The zero-order chi connectivity index (χ0) is 23.6. The summed E-state index contributed by atoms with van der Waals surface area (Å²) >= 11 is 5.31. The summed E-state index contributed by atoms with van der Waals surface area (Å²) in [5, 5.41) is 22.5. The number of hydrogen-bond acceptors (Lipinski definition) is 6. The molecule has 0 bridgehead atoms. The molecule has 1 aliphatic heterocycles. The highest BCUT2D eigenvalue weighted by molar-refractivity contribution is 7.89. The van der Waals surface area contributed by atoms with Gasteiger partial charge < -0.3 is 19.7 Å². The lowest BCUT2D eigenvalue weighted by molar-refractivity contribution is 0.0730. The molecule has 0 radical (unpaired) electrons. The number of rotatable bonds is 5. The molecule has 2 N–H and O–H groups in total. The first-order valence-corrected chi connectivity index (χ1v) is 12.4. The maximum atomic E-state index is 13.1. The van der Waals surface area contributed by atoms with Crippen LogP contribution in [0.4, 0.5) is 11.4 Å². The number of ether oxygens (including phenoxy) is 1. The molecule has 4 rings (SSSR count). The Kier molecular flexibility index (Phi) is 6.75. The van der Waals surface area contributed by atoms with Crippen molar-refractivity contribution in [2.24, 2.45) is 17.3 Å². The van der Waals surface area contributed by atoms with Crippen molar-refractivity contribution in [1.29, 1.82) is 0 Å². The molecule has 0 spiro atoms. The second-order valence-electron chi connectivity index (χ2n) is 7.57. The highest BCUT2D eigenvalue weighted by atomic mass is 32.2. The van der Waals surface area contributed by atoms with Crippen LogP contribution in [0.15, 0.2) is 57.6 Å². The molecular weight excluding hydrogens is 462 g/mol. The van der Waals surface area contributed by atoms with Crippen molar-refractivity contribution in [2.75, 3.05) is 31.6 Å². The van der Waals surface area contributed by atoms with Gasteiger partial charge in [-0.2, -0.15) is 4.31 Å². The number of aromatic hydroxyl groups is 1. The van der Waals surface area contributed by atoms with E-state index in [0.29, 0.717) is 37.2 Å². The SMILES string of the molecule is CCc1ccccc1NC(=S)N=Nc1c(O)n(C)c2ccc(S(=O)(=O)N3CCOCC3)cc12. The minimum Gasteiger partial charge on any atom is -0.493 e. The quantitative estimate of drug-likeness (QED) is 0.417. The summed E-state index contributed by atoms with van der Waals surface area (Å²) in [5.41, 5.74) is 2.70. The van der Waals surface area contributed by atoms with Gasteiger partial charge in [-0.25, -0.2) is 8.42 Å². The smallest absolute Gasteiger partial charge is 0.243 e. The van der Waals surface area contributed by atoms with Gasteiger partial charge >= 0.3 is 0 Å². The first-order valence-electron chi connectivity index (χ1n) is 10.5. The number of thiocarbonyl (C=S) groups is 1. The number of anilines is 1. The number of aryl methyl sites for hydroxylation is 2. The van der Waals surface area contributed by atoms with Gasteiger partial charge in [0.2, 0.25) is 21.0 Å². The van der Waals surface area contributed by atoms with Crippen LogP contribution >= 0.6 is 12.2 Å². The van der Waals surface area contributed by atoms with Gasteiger partial charge in [-0.1, -0.05) is 25.1 Å². The van der Waals surface area contributed by atoms with Crippen molar-refractivity contribution in [3.8, 4) is 5.88 Å². The summed E-state index contributed by atoms with van der Waals surface area (Å²) in [6.45, 7) is 3.36. The third-order valence-corrected chi connectivity index (χ3v) is 7.68. The number of hydrogen-bond donors (Lipinski definition) is 2. The maximum absolute atomic E-state index is 13.1. The Bertz CT molecular complexity index is 1330. The van der Waals surface area contributed by atoms with E-state index in [4.69, 9.17) is 17.0 Å². The van der Waals surface area contributed by atoms with Crippen LogP contribution in [0.5, 0.6) is 5.88 Å². The van der Waals surface area contributed by atoms with Gasteiger partial charge in [0.05, 0.1) is 23.6 Å². The Morgan fingerprint density at radius 1 is 1.21 bits per heavy atom. The number of nitrogens with zero attached hydrogens (tertiary/aromatic N) is 4. The molecule has 33 heavy (non-hydrogen) atoms. The number of para-hydroxylation sites is 1. The normalized spacial score (nSPS) is 15.3. The van der Waals surface area contributed by atoms with Gasteiger partial charge in [0.25, 0.3) is 0 Å². The number of sulfonamides is 1. The molecule has 0 atom stereocenters. The summed E-state index contributed by atoms with van der Waals surface area (Å²) in [7, 11) is -2.03. The third kappa shape index (κ3) is 4.62. The molecule has 1 fully saturated rings. The predicted molar refractivity (Wildman–Crippen MR) is 131 cm³/mol. The van der Waals surface area contributed by atoms with E-state index in [0.717, 1.165) is 17.7 Å². The molecule has 0 saturated carbocycles. The fourth-order valence-electron chi connectivity index (χ4n) is 3.77. The van der Waals surface area contributed by atoms with Gasteiger partial charge in [0.1, 0.15) is 0 Å². The molecule has 0 amide bonds. The third-order valence-electron chi connectivity index (χ3n) is 5.60. The second kappa shape index (κ2) is 9.56. The minimum absolute atomic E-state index is 0.122. The van der Waals surface area contributed by atoms with Gasteiger partial charge in [-0.3, -0.25) is 0 Å². The van der Waals surface area contributed by atoms with E-state index in [1.165, 1.54) is 21.0 Å². The van der Waals surface area contributed by atoms with Gasteiger partial charge in [-0.05, 0) is 48.5 Å². The Balaban J connectivity index is 1.66. The molecule has 9 nitrogen and oxygen atoms in total. The van der Waals surface area contributed by atoms with Crippen LogP contribution in [0.2, 0.25) is 0 Å². The van der Waals surface area contributed by atoms with Crippen LogP contribution in [0.25, 0.3) is 10.9 Å². The topological polar surface area (TPSA) is 109 Å². The molecule has 174 valence electrons. The fourth-order valence-corrected chi connectivity index (χ4v) is 5.36. The molecule has 3 aromatic rings. The number of nitrogens with one attached hydrogen (secondary N) is 1. The van der Waals surface area contributed by atoms with Crippen LogP contribution in [0.1, 0.15) is 12.5 Å². The average molecular weight is 488 g/mol.